The van der Waals surface area contributed by atoms with Gasteiger partial charge >= 0.3 is 0 Å². The van der Waals surface area contributed by atoms with Crippen molar-refractivity contribution in [2.45, 2.75) is 13.5 Å². The van der Waals surface area contributed by atoms with Crippen LogP contribution in [-0.4, -0.2) is 17.6 Å². The second kappa shape index (κ2) is 6.16. The minimum atomic E-state index is -0.485. The van der Waals surface area contributed by atoms with Crippen molar-refractivity contribution in [2.24, 2.45) is 0 Å². The van der Waals surface area contributed by atoms with Crippen LogP contribution in [0.5, 0.6) is 0 Å². The lowest BCUT2D eigenvalue weighted by molar-refractivity contribution is -0.121. The first-order valence-electron chi connectivity index (χ1n) is 6.22. The van der Waals surface area contributed by atoms with Crippen molar-refractivity contribution in [3.05, 3.63) is 65.7 Å². The summed E-state index contributed by atoms with van der Waals surface area (Å²) in [6, 6.07) is 17.5. The molecule has 0 atom stereocenters. The molecule has 1 amide bonds. The molecule has 0 aliphatic carbocycles. The number of anilines is 1. The van der Waals surface area contributed by atoms with Crippen molar-refractivity contribution < 1.29 is 9.90 Å². The van der Waals surface area contributed by atoms with E-state index in [1.54, 1.807) is 4.90 Å². The summed E-state index contributed by atoms with van der Waals surface area (Å²) in [5.41, 5.74) is 2.93. The van der Waals surface area contributed by atoms with E-state index in [1.165, 1.54) is 0 Å². The number of benzene rings is 2. The van der Waals surface area contributed by atoms with Crippen LogP contribution in [0, 0.1) is 6.92 Å². The molecule has 3 heteroatoms. The van der Waals surface area contributed by atoms with Gasteiger partial charge in [-0.2, -0.15) is 0 Å². The highest BCUT2D eigenvalue weighted by atomic mass is 16.3. The number of rotatable bonds is 4. The Morgan fingerprint density at radius 3 is 2.47 bits per heavy atom. The summed E-state index contributed by atoms with van der Waals surface area (Å²) < 4.78 is 0. The third-order valence-electron chi connectivity index (χ3n) is 2.93. The zero-order valence-electron chi connectivity index (χ0n) is 10.9. The summed E-state index contributed by atoms with van der Waals surface area (Å²) >= 11 is 0. The van der Waals surface area contributed by atoms with Gasteiger partial charge in [0.05, 0.1) is 6.54 Å². The van der Waals surface area contributed by atoms with Crippen LogP contribution >= 0.6 is 0 Å². The lowest BCUT2D eigenvalue weighted by Crippen LogP contribution is -2.32. The van der Waals surface area contributed by atoms with Gasteiger partial charge in [-0.25, -0.2) is 0 Å². The monoisotopic (exact) mass is 255 g/mol. The molecule has 0 aliphatic heterocycles. The molecule has 0 radical (unpaired) electrons. The number of aliphatic hydroxyl groups is 1. The third-order valence-corrected chi connectivity index (χ3v) is 2.93. The maximum absolute atomic E-state index is 11.9. The van der Waals surface area contributed by atoms with Gasteiger partial charge in [0.2, 0.25) is 0 Å². The van der Waals surface area contributed by atoms with E-state index in [0.717, 1.165) is 16.8 Å². The minimum Gasteiger partial charge on any atom is -0.387 e. The van der Waals surface area contributed by atoms with E-state index >= 15 is 0 Å². The van der Waals surface area contributed by atoms with Gasteiger partial charge in [-0.3, -0.25) is 4.79 Å². The highest BCUT2D eigenvalue weighted by molar-refractivity contribution is 5.94. The first-order chi connectivity index (χ1) is 9.20. The SMILES string of the molecule is Cc1cccc(N(Cc2ccccc2)C(=O)CO)c1. The standard InChI is InChI=1S/C16H17NO2/c1-13-6-5-9-15(10-13)17(16(19)12-18)11-14-7-3-2-4-8-14/h2-10,18H,11-12H2,1H3. The summed E-state index contributed by atoms with van der Waals surface area (Å²) in [5, 5.41) is 9.12. The summed E-state index contributed by atoms with van der Waals surface area (Å²) in [7, 11) is 0. The second-order valence-electron chi connectivity index (χ2n) is 4.46. The lowest BCUT2D eigenvalue weighted by atomic mass is 10.1. The zero-order chi connectivity index (χ0) is 13.7. The molecule has 0 fully saturated rings. The summed E-state index contributed by atoms with van der Waals surface area (Å²) in [6.45, 7) is 1.96. The first-order valence-corrected chi connectivity index (χ1v) is 6.22. The molecule has 2 aromatic carbocycles. The predicted octanol–water partition coefficient (Wildman–Crippen LogP) is 2.52. The van der Waals surface area contributed by atoms with Gasteiger partial charge < -0.3 is 10.0 Å². The van der Waals surface area contributed by atoms with Crippen LogP contribution in [0.15, 0.2) is 54.6 Å². The number of aryl methyl sites for hydroxylation is 1. The fraction of sp³-hybridized carbons (Fsp3) is 0.188. The van der Waals surface area contributed by atoms with Crippen molar-refractivity contribution >= 4 is 11.6 Å². The average molecular weight is 255 g/mol. The Bertz CT molecular complexity index is 552. The van der Waals surface area contributed by atoms with Gasteiger partial charge in [-0.15, -0.1) is 0 Å². The molecule has 98 valence electrons. The van der Waals surface area contributed by atoms with E-state index in [4.69, 9.17) is 5.11 Å². The van der Waals surface area contributed by atoms with Crippen molar-refractivity contribution in [3.63, 3.8) is 0 Å². The van der Waals surface area contributed by atoms with Crippen LogP contribution in [0.4, 0.5) is 5.69 Å². The van der Waals surface area contributed by atoms with Gasteiger partial charge in [-0.1, -0.05) is 42.5 Å². The van der Waals surface area contributed by atoms with Crippen molar-refractivity contribution in [1.29, 1.82) is 0 Å². The second-order valence-corrected chi connectivity index (χ2v) is 4.46. The van der Waals surface area contributed by atoms with Crippen LogP contribution in [0.25, 0.3) is 0 Å². The van der Waals surface area contributed by atoms with Crippen LogP contribution < -0.4 is 4.90 Å². The minimum absolute atomic E-state index is 0.297. The number of carbonyl (C=O) groups excluding carboxylic acids is 1. The Labute approximate surface area is 113 Å². The van der Waals surface area contributed by atoms with E-state index in [1.807, 2.05) is 61.5 Å². The topological polar surface area (TPSA) is 40.5 Å². The largest absolute Gasteiger partial charge is 0.387 e. The van der Waals surface area contributed by atoms with Gasteiger partial charge in [0.15, 0.2) is 0 Å². The van der Waals surface area contributed by atoms with E-state index in [9.17, 15) is 4.79 Å². The Balaban J connectivity index is 2.29. The quantitative estimate of drug-likeness (QED) is 0.912. The predicted molar refractivity (Wildman–Crippen MR) is 75.9 cm³/mol. The number of amides is 1. The molecule has 3 nitrogen and oxygen atoms in total. The fourth-order valence-corrected chi connectivity index (χ4v) is 1.97. The Hall–Kier alpha value is -2.13. The van der Waals surface area contributed by atoms with Crippen LogP contribution in [0.1, 0.15) is 11.1 Å². The van der Waals surface area contributed by atoms with Crippen molar-refractivity contribution in [1.82, 2.24) is 0 Å². The summed E-state index contributed by atoms with van der Waals surface area (Å²) in [4.78, 5) is 13.5. The number of carbonyl (C=O) groups is 1. The lowest BCUT2D eigenvalue weighted by Gasteiger charge is -2.22. The molecule has 0 saturated heterocycles. The third kappa shape index (κ3) is 3.42. The molecular formula is C16H17NO2. The van der Waals surface area contributed by atoms with Gasteiger partial charge in [0, 0.05) is 5.69 Å². The highest BCUT2D eigenvalue weighted by Crippen LogP contribution is 2.18. The molecule has 0 spiro atoms. The molecule has 19 heavy (non-hydrogen) atoms. The van der Waals surface area contributed by atoms with E-state index in [-0.39, 0.29) is 5.91 Å². The normalized spacial score (nSPS) is 10.2. The molecule has 0 saturated carbocycles. The molecule has 2 rings (SSSR count). The van der Waals surface area contributed by atoms with E-state index in [0.29, 0.717) is 6.54 Å². The van der Waals surface area contributed by atoms with Gasteiger partial charge in [0.25, 0.3) is 5.91 Å². The number of aliphatic hydroxyl groups excluding tert-OH is 1. The Kier molecular flexibility index (Phi) is 4.31. The molecule has 1 N–H and O–H groups in total. The van der Waals surface area contributed by atoms with Crippen LogP contribution in [0.2, 0.25) is 0 Å². The number of hydrogen-bond acceptors (Lipinski definition) is 2. The van der Waals surface area contributed by atoms with Gasteiger partial charge in [0.1, 0.15) is 6.61 Å². The zero-order valence-corrected chi connectivity index (χ0v) is 10.9. The molecule has 0 heterocycles. The smallest absolute Gasteiger partial charge is 0.252 e. The van der Waals surface area contributed by atoms with E-state index < -0.39 is 6.61 Å². The van der Waals surface area contributed by atoms with Crippen molar-refractivity contribution in [2.75, 3.05) is 11.5 Å². The molecule has 0 aromatic heterocycles. The maximum Gasteiger partial charge on any atom is 0.252 e. The molecule has 0 unspecified atom stereocenters. The Morgan fingerprint density at radius 2 is 1.84 bits per heavy atom. The molecule has 0 bridgehead atoms. The van der Waals surface area contributed by atoms with E-state index in [2.05, 4.69) is 0 Å². The fourth-order valence-electron chi connectivity index (χ4n) is 1.97. The molecular weight excluding hydrogens is 238 g/mol. The average Bonchev–Trinajstić information content (AvgIpc) is 2.45. The van der Waals surface area contributed by atoms with Crippen LogP contribution in [-0.2, 0) is 11.3 Å². The summed E-state index contributed by atoms with van der Waals surface area (Å²) in [6.07, 6.45) is 0. The van der Waals surface area contributed by atoms with Crippen molar-refractivity contribution in [3.8, 4) is 0 Å². The first kappa shape index (κ1) is 13.3. The number of hydrogen-bond donors (Lipinski definition) is 1. The highest BCUT2D eigenvalue weighted by Gasteiger charge is 2.15. The molecule has 0 aliphatic rings. The van der Waals surface area contributed by atoms with Gasteiger partial charge in [-0.05, 0) is 30.2 Å². The Morgan fingerprint density at radius 1 is 1.11 bits per heavy atom. The van der Waals surface area contributed by atoms with Crippen LogP contribution in [0.3, 0.4) is 0 Å². The summed E-state index contributed by atoms with van der Waals surface area (Å²) in [5.74, 6) is -0.297. The molecule has 2 aromatic rings. The maximum atomic E-state index is 11.9. The number of nitrogens with zero attached hydrogens (tertiary/aromatic N) is 1.